The van der Waals surface area contributed by atoms with Crippen LogP contribution in [0.1, 0.15) is 171 Å². The van der Waals surface area contributed by atoms with Crippen LogP contribution >= 0.6 is 0 Å². The molecule has 0 atom stereocenters. The minimum Gasteiger partial charge on any atom is -0.480 e. The van der Waals surface area contributed by atoms with Gasteiger partial charge < -0.3 is 20.1 Å². The summed E-state index contributed by atoms with van der Waals surface area (Å²) < 4.78 is 63.3. The van der Waals surface area contributed by atoms with Gasteiger partial charge in [0.25, 0.3) is 0 Å². The molecule has 0 amide bonds. The number of esters is 1. The van der Waals surface area contributed by atoms with Crippen LogP contribution in [0.3, 0.4) is 0 Å². The Hall–Kier alpha value is -4.04. The van der Waals surface area contributed by atoms with Gasteiger partial charge in [0.1, 0.15) is 0 Å². The van der Waals surface area contributed by atoms with Crippen LogP contribution in [-0.4, -0.2) is 81.8 Å². The van der Waals surface area contributed by atoms with Crippen LogP contribution in [0.4, 0.5) is 17.6 Å². The summed E-state index contributed by atoms with van der Waals surface area (Å²) in [4.78, 5) is 49.8. The molecule has 14 heteroatoms. The predicted molar refractivity (Wildman–Crippen MR) is 239 cm³/mol. The van der Waals surface area contributed by atoms with Crippen molar-refractivity contribution in [1.82, 2.24) is 9.80 Å². The summed E-state index contributed by atoms with van der Waals surface area (Å²) in [7, 11) is 3.40. The monoisotopic (exact) mass is 907 g/mol. The first-order valence-electron chi connectivity index (χ1n) is 23.7. The number of aliphatic carboxylic acids is 3. The summed E-state index contributed by atoms with van der Waals surface area (Å²) in [5.74, 6) is -7.95. The Morgan fingerprint density at radius 2 is 0.812 bits per heavy atom. The molecule has 0 unspecified atom stereocenters. The van der Waals surface area contributed by atoms with Crippen LogP contribution in [0.2, 0.25) is 0 Å². The Morgan fingerprint density at radius 3 is 1.14 bits per heavy atom. The second kappa shape index (κ2) is 26.8. The normalized spacial score (nSPS) is 18.0. The van der Waals surface area contributed by atoms with Crippen molar-refractivity contribution >= 4 is 23.9 Å². The van der Waals surface area contributed by atoms with Crippen LogP contribution in [0.25, 0.3) is 0 Å². The van der Waals surface area contributed by atoms with Crippen LogP contribution in [0.5, 0.6) is 0 Å². The highest BCUT2D eigenvalue weighted by molar-refractivity contribution is 6.00. The number of hydrogen-bond acceptors (Lipinski definition) is 7. The van der Waals surface area contributed by atoms with E-state index in [2.05, 4.69) is 13.8 Å². The number of carboxylic acids is 3. The van der Waals surface area contributed by atoms with Gasteiger partial charge in [-0.05, 0) is 83.5 Å². The maximum absolute atomic E-state index is 14.7. The summed E-state index contributed by atoms with van der Waals surface area (Å²) in [6.45, 7) is 6.37. The molecule has 2 aliphatic carbocycles. The van der Waals surface area contributed by atoms with Gasteiger partial charge in [-0.1, -0.05) is 128 Å². The van der Waals surface area contributed by atoms with E-state index in [0.29, 0.717) is 24.0 Å². The van der Waals surface area contributed by atoms with Crippen LogP contribution < -0.4 is 0 Å². The Kier molecular flexibility index (Phi) is 22.7. The number of carbonyl (C=O) groups is 4. The molecular formula is C50H74F4N2O8. The molecule has 2 saturated carbocycles. The predicted octanol–water partition coefficient (Wildman–Crippen LogP) is 11.3. The molecule has 64 heavy (non-hydrogen) atoms. The Bertz CT molecular complexity index is 1800. The smallest absolute Gasteiger partial charge is 0.323 e. The number of aryl methyl sites for hydroxylation is 2. The Balaban J connectivity index is 0.000000341. The molecule has 2 fully saturated rings. The fourth-order valence-corrected chi connectivity index (χ4v) is 8.83. The minimum atomic E-state index is -1.78. The fraction of sp³-hybridized carbons (Fsp3) is 0.680. The molecule has 10 nitrogen and oxygen atoms in total. The van der Waals surface area contributed by atoms with E-state index in [1.165, 1.54) is 64.2 Å². The van der Waals surface area contributed by atoms with E-state index in [4.69, 9.17) is 4.74 Å². The van der Waals surface area contributed by atoms with E-state index in [9.17, 15) is 52.1 Å². The molecular weight excluding hydrogens is 833 g/mol. The molecule has 0 bridgehead atoms. The molecule has 0 aliphatic heterocycles. The van der Waals surface area contributed by atoms with Crippen LogP contribution in [0.15, 0.2) is 24.3 Å². The van der Waals surface area contributed by atoms with Crippen molar-refractivity contribution in [2.75, 3.05) is 20.7 Å². The molecule has 2 aromatic rings. The summed E-state index contributed by atoms with van der Waals surface area (Å²) in [6.07, 6.45) is 19.5. The van der Waals surface area contributed by atoms with Crippen molar-refractivity contribution in [3.8, 4) is 0 Å². The van der Waals surface area contributed by atoms with Crippen molar-refractivity contribution in [2.24, 2.45) is 10.8 Å². The largest absolute Gasteiger partial charge is 0.480 e. The van der Waals surface area contributed by atoms with Gasteiger partial charge >= 0.3 is 23.9 Å². The van der Waals surface area contributed by atoms with E-state index in [1.54, 1.807) is 55.1 Å². The van der Waals surface area contributed by atoms with Crippen molar-refractivity contribution in [3.05, 3.63) is 69.8 Å². The highest BCUT2D eigenvalue weighted by Crippen LogP contribution is 2.46. The zero-order valence-electron chi connectivity index (χ0n) is 38.9. The highest BCUT2D eigenvalue weighted by Gasteiger charge is 2.59. The first-order valence-corrected chi connectivity index (χ1v) is 23.7. The number of hydrogen-bond donors (Lipinski definition) is 3. The third-order valence-corrected chi connectivity index (χ3v) is 13.4. The average molecular weight is 907 g/mol. The first kappa shape index (κ1) is 54.3. The number of carbonyl (C=O) groups excluding carboxylic acids is 1. The van der Waals surface area contributed by atoms with E-state index in [-0.39, 0.29) is 68.6 Å². The molecule has 0 saturated heterocycles. The van der Waals surface area contributed by atoms with E-state index >= 15 is 0 Å². The van der Waals surface area contributed by atoms with Gasteiger partial charge in [-0.3, -0.25) is 29.0 Å². The Labute approximate surface area is 378 Å². The Morgan fingerprint density at radius 1 is 0.516 bits per heavy atom. The van der Waals surface area contributed by atoms with E-state index in [1.807, 2.05) is 0 Å². The molecule has 0 radical (unpaired) electrons. The molecule has 4 rings (SSSR count). The molecule has 360 valence electrons. The third kappa shape index (κ3) is 14.7. The van der Waals surface area contributed by atoms with Gasteiger partial charge in [-0.15, -0.1) is 0 Å². The topological polar surface area (TPSA) is 145 Å². The minimum absolute atomic E-state index is 0.0468. The van der Waals surface area contributed by atoms with Crippen molar-refractivity contribution in [2.45, 2.75) is 187 Å². The SMILES string of the molecule is CCCCCCCCCCc1ccc(CN(C)C2CC(C(=O)O)(C(=O)O)C2)c(F)c1F.CCCCCCCCCCc1ccc(CN(C)C2CC(C(=O)O)(C(=O)OCC)C2)c(F)c1F. The summed E-state index contributed by atoms with van der Waals surface area (Å²) >= 11 is 0. The molecule has 3 N–H and O–H groups in total. The maximum atomic E-state index is 14.7. The number of unbranched alkanes of at least 4 members (excludes halogenated alkanes) is 14. The second-order valence-corrected chi connectivity index (χ2v) is 18.2. The number of rotatable bonds is 29. The first-order chi connectivity index (χ1) is 30.5. The van der Waals surface area contributed by atoms with Crippen molar-refractivity contribution in [3.63, 3.8) is 0 Å². The maximum Gasteiger partial charge on any atom is 0.323 e. The van der Waals surface area contributed by atoms with Gasteiger partial charge in [0.2, 0.25) is 0 Å². The quantitative estimate of drug-likeness (QED) is 0.0312. The van der Waals surface area contributed by atoms with Gasteiger partial charge in [-0.2, -0.15) is 0 Å². The second-order valence-electron chi connectivity index (χ2n) is 18.2. The van der Waals surface area contributed by atoms with Crippen molar-refractivity contribution in [1.29, 1.82) is 0 Å². The lowest BCUT2D eigenvalue weighted by atomic mass is 9.64. The van der Waals surface area contributed by atoms with E-state index in [0.717, 1.165) is 38.5 Å². The molecule has 2 aromatic carbocycles. The number of nitrogens with zero attached hydrogens (tertiary/aromatic N) is 2. The summed E-state index contributed by atoms with van der Waals surface area (Å²) in [5, 5.41) is 27.9. The van der Waals surface area contributed by atoms with Gasteiger partial charge in [0.15, 0.2) is 34.1 Å². The molecule has 0 spiro atoms. The fourth-order valence-electron chi connectivity index (χ4n) is 8.83. The number of halogens is 4. The third-order valence-electron chi connectivity index (χ3n) is 13.4. The standard InChI is InChI=1S/C26H39F2NO4.C24H35F2NO4/c1-4-6-7-8-9-10-11-12-13-19-14-15-20(23(28)22(19)27)18-29(3)21-16-26(17-21,24(30)31)25(32)33-5-2;1-3-4-5-6-7-8-9-10-11-17-12-13-18(21(26)20(17)25)16-27(2)19-14-24(15-19,22(28)29)23(30)31/h14-15,21H,4-13,16-18H2,1-3H3,(H,30,31);12-13,19H,3-11,14-16H2,1-2H3,(H,28,29)(H,30,31). The average Bonchev–Trinajstić information content (AvgIpc) is 3.21. The van der Waals surface area contributed by atoms with Gasteiger partial charge in [-0.25, -0.2) is 17.6 Å². The summed E-state index contributed by atoms with van der Waals surface area (Å²) in [6, 6.07) is 5.96. The zero-order valence-corrected chi connectivity index (χ0v) is 38.9. The van der Waals surface area contributed by atoms with Gasteiger partial charge in [0.05, 0.1) is 6.61 Å². The lowest BCUT2D eigenvalue weighted by Gasteiger charge is -2.46. The van der Waals surface area contributed by atoms with Gasteiger partial charge in [0, 0.05) is 36.3 Å². The number of ether oxygens (including phenoxy) is 1. The highest BCUT2D eigenvalue weighted by atomic mass is 19.2. The van der Waals surface area contributed by atoms with Crippen molar-refractivity contribution < 1.29 is 56.8 Å². The lowest BCUT2D eigenvalue weighted by molar-refractivity contribution is -0.181. The zero-order chi connectivity index (χ0) is 47.5. The molecule has 0 aromatic heterocycles. The molecule has 0 heterocycles. The van der Waals surface area contributed by atoms with Crippen LogP contribution in [0, 0.1) is 34.1 Å². The summed E-state index contributed by atoms with van der Waals surface area (Å²) in [5.41, 5.74) is -2.10. The van der Waals surface area contributed by atoms with E-state index < -0.39 is 58.0 Å². The number of benzene rings is 2. The molecule has 2 aliphatic rings. The van der Waals surface area contributed by atoms with Crippen LogP contribution in [-0.2, 0) is 49.8 Å². The lowest BCUT2D eigenvalue weighted by Crippen LogP contribution is -2.57. The number of carboxylic acid groups (broad SMARTS) is 3.